The first-order valence-corrected chi connectivity index (χ1v) is 7.45. The molecule has 4 heteroatoms. The fourth-order valence-corrected chi connectivity index (χ4v) is 2.90. The Bertz CT molecular complexity index is 468. The van der Waals surface area contributed by atoms with Crippen molar-refractivity contribution in [1.82, 2.24) is 5.32 Å². The molecule has 4 nitrogen and oxygen atoms in total. The molecule has 2 rings (SSSR count). The Morgan fingerprint density at radius 1 is 1.45 bits per heavy atom. The van der Waals surface area contributed by atoms with Gasteiger partial charge in [0.1, 0.15) is 0 Å². The Labute approximate surface area is 120 Å². The number of carbonyl (C=O) groups is 1. The summed E-state index contributed by atoms with van der Waals surface area (Å²) in [6.07, 6.45) is 4.95. The molecule has 0 heterocycles. The van der Waals surface area contributed by atoms with Gasteiger partial charge in [-0.15, -0.1) is 0 Å². The second-order valence-corrected chi connectivity index (χ2v) is 5.46. The van der Waals surface area contributed by atoms with E-state index in [0.29, 0.717) is 29.5 Å². The zero-order valence-corrected chi connectivity index (χ0v) is 12.3. The van der Waals surface area contributed by atoms with E-state index in [0.717, 1.165) is 0 Å². The van der Waals surface area contributed by atoms with Crippen LogP contribution in [0, 0.1) is 5.92 Å². The van der Waals surface area contributed by atoms with Gasteiger partial charge in [-0.05, 0) is 44.7 Å². The Balaban J connectivity index is 2.10. The van der Waals surface area contributed by atoms with E-state index in [-0.39, 0.29) is 11.9 Å². The highest BCUT2D eigenvalue weighted by molar-refractivity contribution is 5.98. The molecular weight excluding hydrogens is 252 g/mol. The van der Waals surface area contributed by atoms with Gasteiger partial charge in [-0.1, -0.05) is 18.9 Å². The van der Waals surface area contributed by atoms with Crippen molar-refractivity contribution in [3.63, 3.8) is 0 Å². The van der Waals surface area contributed by atoms with Crippen LogP contribution in [0.15, 0.2) is 18.2 Å². The average molecular weight is 276 g/mol. The Morgan fingerprint density at radius 3 is 2.80 bits per heavy atom. The highest BCUT2D eigenvalue weighted by Gasteiger charge is 2.24. The van der Waals surface area contributed by atoms with Gasteiger partial charge in [0.25, 0.3) is 5.91 Å². The zero-order chi connectivity index (χ0) is 14.5. The van der Waals surface area contributed by atoms with Crippen LogP contribution in [0.4, 0.5) is 5.69 Å². The minimum absolute atomic E-state index is 0.0971. The summed E-state index contributed by atoms with van der Waals surface area (Å²) in [5, 5.41) is 3.09. The number of benzene rings is 1. The lowest BCUT2D eigenvalue weighted by atomic mass is 9.99. The number of hydrogen-bond acceptors (Lipinski definition) is 3. The summed E-state index contributed by atoms with van der Waals surface area (Å²) >= 11 is 0. The zero-order valence-electron chi connectivity index (χ0n) is 12.3. The number of nitrogens with two attached hydrogens (primary N) is 1. The van der Waals surface area contributed by atoms with Crippen LogP contribution in [-0.2, 0) is 0 Å². The molecular formula is C16H24N2O2. The molecule has 1 aromatic rings. The lowest BCUT2D eigenvalue weighted by Gasteiger charge is -2.21. The first kappa shape index (κ1) is 14.7. The van der Waals surface area contributed by atoms with Gasteiger partial charge in [0.2, 0.25) is 0 Å². The van der Waals surface area contributed by atoms with Crippen LogP contribution in [0.1, 0.15) is 49.9 Å². The van der Waals surface area contributed by atoms with Gasteiger partial charge in [-0.25, -0.2) is 0 Å². The quantitative estimate of drug-likeness (QED) is 0.813. The molecule has 1 saturated carbocycles. The van der Waals surface area contributed by atoms with Crippen LogP contribution in [0.2, 0.25) is 0 Å². The van der Waals surface area contributed by atoms with Gasteiger partial charge in [0.15, 0.2) is 5.75 Å². The van der Waals surface area contributed by atoms with Gasteiger partial charge in [-0.2, -0.15) is 0 Å². The molecule has 0 spiro atoms. The van der Waals surface area contributed by atoms with Crippen molar-refractivity contribution in [1.29, 1.82) is 0 Å². The molecule has 1 unspecified atom stereocenters. The van der Waals surface area contributed by atoms with Gasteiger partial charge in [-0.3, -0.25) is 4.79 Å². The van der Waals surface area contributed by atoms with Gasteiger partial charge in [0, 0.05) is 6.04 Å². The monoisotopic (exact) mass is 276 g/mol. The van der Waals surface area contributed by atoms with E-state index in [4.69, 9.17) is 10.5 Å². The van der Waals surface area contributed by atoms with Crippen molar-refractivity contribution in [2.24, 2.45) is 5.92 Å². The minimum Gasteiger partial charge on any atom is -0.491 e. The number of hydrogen-bond donors (Lipinski definition) is 2. The normalized spacial score (nSPS) is 16.9. The van der Waals surface area contributed by atoms with E-state index >= 15 is 0 Å². The van der Waals surface area contributed by atoms with Gasteiger partial charge in [0.05, 0.1) is 17.9 Å². The first-order chi connectivity index (χ1) is 9.63. The number of anilines is 1. The first-order valence-electron chi connectivity index (χ1n) is 7.45. The smallest absolute Gasteiger partial charge is 0.255 e. The van der Waals surface area contributed by atoms with Crippen LogP contribution in [0.5, 0.6) is 5.75 Å². The summed E-state index contributed by atoms with van der Waals surface area (Å²) in [6.45, 7) is 4.46. The number of para-hydroxylation sites is 1. The summed E-state index contributed by atoms with van der Waals surface area (Å²) in [4.78, 5) is 12.4. The molecule has 1 aromatic carbocycles. The Hall–Kier alpha value is -1.71. The van der Waals surface area contributed by atoms with Crippen LogP contribution in [0.3, 0.4) is 0 Å². The van der Waals surface area contributed by atoms with E-state index in [1.54, 1.807) is 18.2 Å². The van der Waals surface area contributed by atoms with Gasteiger partial charge >= 0.3 is 0 Å². The molecule has 1 fully saturated rings. The van der Waals surface area contributed by atoms with Crippen LogP contribution in [-0.4, -0.2) is 18.6 Å². The molecule has 1 amide bonds. The number of rotatable bonds is 5. The Morgan fingerprint density at radius 2 is 2.15 bits per heavy atom. The summed E-state index contributed by atoms with van der Waals surface area (Å²) < 4.78 is 5.51. The molecule has 0 aromatic heterocycles. The molecule has 1 atom stereocenters. The van der Waals surface area contributed by atoms with Crippen LogP contribution >= 0.6 is 0 Å². The van der Waals surface area contributed by atoms with Crippen molar-refractivity contribution < 1.29 is 9.53 Å². The third kappa shape index (κ3) is 3.24. The lowest BCUT2D eigenvalue weighted by molar-refractivity contribution is 0.0923. The average Bonchev–Trinajstić information content (AvgIpc) is 2.95. The van der Waals surface area contributed by atoms with E-state index in [1.165, 1.54) is 25.7 Å². The molecule has 3 N–H and O–H groups in total. The van der Waals surface area contributed by atoms with Crippen molar-refractivity contribution in [2.75, 3.05) is 12.3 Å². The van der Waals surface area contributed by atoms with E-state index in [1.807, 2.05) is 6.92 Å². The number of nitrogen functional groups attached to an aromatic ring is 1. The van der Waals surface area contributed by atoms with E-state index in [9.17, 15) is 4.79 Å². The summed E-state index contributed by atoms with van der Waals surface area (Å²) in [6, 6.07) is 5.49. The van der Waals surface area contributed by atoms with Crippen molar-refractivity contribution >= 4 is 11.6 Å². The second-order valence-electron chi connectivity index (χ2n) is 5.46. The molecule has 0 radical (unpaired) electrons. The standard InChI is InChI=1S/C16H24N2O2/c1-3-20-15-13(9-6-10-14(15)17)16(19)18-11(2)12-7-4-5-8-12/h6,9-12H,3-5,7-8,17H2,1-2H3,(H,18,19). The van der Waals surface area contributed by atoms with Crippen LogP contribution < -0.4 is 15.8 Å². The van der Waals surface area contributed by atoms with Crippen molar-refractivity contribution in [2.45, 2.75) is 45.6 Å². The van der Waals surface area contributed by atoms with Crippen LogP contribution in [0.25, 0.3) is 0 Å². The van der Waals surface area contributed by atoms with Crippen molar-refractivity contribution in [3.8, 4) is 5.75 Å². The van der Waals surface area contributed by atoms with Crippen molar-refractivity contribution in [3.05, 3.63) is 23.8 Å². The van der Waals surface area contributed by atoms with E-state index < -0.39 is 0 Å². The molecule has 1 aliphatic rings. The largest absolute Gasteiger partial charge is 0.491 e. The third-order valence-corrected chi connectivity index (χ3v) is 4.04. The fraction of sp³-hybridized carbons (Fsp3) is 0.562. The number of nitrogens with one attached hydrogen (secondary N) is 1. The predicted octanol–water partition coefficient (Wildman–Crippen LogP) is 2.98. The molecule has 20 heavy (non-hydrogen) atoms. The number of ether oxygens (including phenoxy) is 1. The topological polar surface area (TPSA) is 64.3 Å². The minimum atomic E-state index is -0.0971. The lowest BCUT2D eigenvalue weighted by Crippen LogP contribution is -2.37. The number of carbonyl (C=O) groups excluding carboxylic acids is 1. The molecule has 0 aliphatic heterocycles. The fourth-order valence-electron chi connectivity index (χ4n) is 2.90. The maximum absolute atomic E-state index is 12.4. The molecule has 1 aliphatic carbocycles. The SMILES string of the molecule is CCOc1c(N)cccc1C(=O)NC(C)C1CCCC1. The number of amides is 1. The molecule has 0 saturated heterocycles. The summed E-state index contributed by atoms with van der Waals surface area (Å²) in [5.74, 6) is 0.988. The summed E-state index contributed by atoms with van der Waals surface area (Å²) in [7, 11) is 0. The molecule has 0 bridgehead atoms. The second kappa shape index (κ2) is 6.64. The Kier molecular flexibility index (Phi) is 4.88. The van der Waals surface area contributed by atoms with Gasteiger partial charge < -0.3 is 15.8 Å². The highest BCUT2D eigenvalue weighted by atomic mass is 16.5. The summed E-state index contributed by atoms with van der Waals surface area (Å²) in [5.41, 5.74) is 6.93. The maximum Gasteiger partial charge on any atom is 0.255 e. The maximum atomic E-state index is 12.4. The third-order valence-electron chi connectivity index (χ3n) is 4.04. The predicted molar refractivity (Wildman–Crippen MR) is 80.9 cm³/mol. The highest BCUT2D eigenvalue weighted by Crippen LogP contribution is 2.29. The molecule has 110 valence electrons. The van der Waals surface area contributed by atoms with E-state index in [2.05, 4.69) is 12.2 Å².